The Morgan fingerprint density at radius 2 is 1.68 bits per heavy atom. The van der Waals surface area contributed by atoms with E-state index in [1.165, 1.54) is 6.33 Å². The molecular formula is C29H40BrN5O2. The smallest absolute Gasteiger partial charge is 0.257 e. The molecular weight excluding hydrogens is 530 g/mol. The van der Waals surface area contributed by atoms with Crippen molar-refractivity contribution in [2.75, 3.05) is 32.8 Å². The highest BCUT2D eigenvalue weighted by Gasteiger charge is 2.39. The maximum Gasteiger partial charge on any atom is 0.257 e. The molecule has 1 aromatic carbocycles. The number of nitrogens with zero attached hydrogens (tertiary/aromatic N) is 5. The number of hydrogen-bond donors (Lipinski definition) is 0. The Morgan fingerprint density at radius 3 is 2.24 bits per heavy atom. The Kier molecular flexibility index (Phi) is 9.01. The summed E-state index contributed by atoms with van der Waals surface area (Å²) in [6.45, 7) is 14.6. The van der Waals surface area contributed by atoms with Crippen LogP contribution < -0.4 is 0 Å². The van der Waals surface area contributed by atoms with Crippen LogP contribution in [0, 0.1) is 25.7 Å². The first-order valence-electron chi connectivity index (χ1n) is 13.5. The number of benzene rings is 1. The van der Waals surface area contributed by atoms with Gasteiger partial charge in [0.1, 0.15) is 12.9 Å². The van der Waals surface area contributed by atoms with Gasteiger partial charge in [-0.2, -0.15) is 0 Å². The summed E-state index contributed by atoms with van der Waals surface area (Å²) < 4.78 is 1.07. The van der Waals surface area contributed by atoms with Crippen LogP contribution in [0.1, 0.15) is 73.8 Å². The molecule has 2 fully saturated rings. The zero-order valence-corrected chi connectivity index (χ0v) is 24.4. The molecule has 0 bridgehead atoms. The first-order valence-corrected chi connectivity index (χ1v) is 14.3. The fourth-order valence-electron chi connectivity index (χ4n) is 5.50. The fourth-order valence-corrected chi connectivity index (χ4v) is 5.76. The molecule has 0 N–H and O–H groups in total. The standard InChI is InChI=1S/C29H40BrN5O2/c1-20(2)18-37-33-27(23-6-8-25(30)9-7-23)24-10-14-35(15-11-24)29(5)12-16-34(17-13-29)28(36)26-21(3)31-19-32-22(26)4/h6-9,19-20,24H,10-18H2,1-5H3/b33-27+. The number of piperidine rings is 2. The molecule has 0 aliphatic carbocycles. The first kappa shape index (κ1) is 27.7. The fraction of sp³-hybridized carbons (Fsp3) is 0.586. The van der Waals surface area contributed by atoms with E-state index in [4.69, 9.17) is 4.84 Å². The van der Waals surface area contributed by atoms with Crippen molar-refractivity contribution in [1.29, 1.82) is 0 Å². The second-order valence-electron chi connectivity index (χ2n) is 11.1. The average molecular weight is 571 g/mol. The Bertz CT molecular complexity index is 1080. The molecule has 8 heteroatoms. The van der Waals surface area contributed by atoms with Crippen molar-refractivity contribution in [3.8, 4) is 0 Å². The van der Waals surface area contributed by atoms with E-state index in [0.29, 0.717) is 24.0 Å². The van der Waals surface area contributed by atoms with Gasteiger partial charge in [-0.15, -0.1) is 0 Å². The van der Waals surface area contributed by atoms with Crippen LogP contribution in [0.2, 0.25) is 0 Å². The van der Waals surface area contributed by atoms with E-state index in [-0.39, 0.29) is 11.4 Å². The lowest BCUT2D eigenvalue weighted by molar-refractivity contribution is 0.0160. The molecule has 0 radical (unpaired) electrons. The van der Waals surface area contributed by atoms with Crippen LogP contribution in [-0.2, 0) is 4.84 Å². The van der Waals surface area contributed by atoms with E-state index in [0.717, 1.165) is 79.0 Å². The molecule has 2 saturated heterocycles. The second kappa shape index (κ2) is 12.0. The lowest BCUT2D eigenvalue weighted by Gasteiger charge is -2.49. The summed E-state index contributed by atoms with van der Waals surface area (Å²) in [4.78, 5) is 32.1. The summed E-state index contributed by atoms with van der Waals surface area (Å²) in [6, 6.07) is 8.40. The third-order valence-corrected chi connectivity index (χ3v) is 8.45. The van der Waals surface area contributed by atoms with Gasteiger partial charge in [-0.05, 0) is 83.2 Å². The van der Waals surface area contributed by atoms with Crippen molar-refractivity contribution in [3.63, 3.8) is 0 Å². The molecule has 2 aliphatic heterocycles. The number of aromatic nitrogens is 2. The summed E-state index contributed by atoms with van der Waals surface area (Å²) in [5.74, 6) is 0.878. The van der Waals surface area contributed by atoms with Crippen LogP contribution in [0.4, 0.5) is 0 Å². The third kappa shape index (κ3) is 6.58. The Labute approximate surface area is 229 Å². The highest BCUT2D eigenvalue weighted by molar-refractivity contribution is 9.10. The largest absolute Gasteiger partial charge is 0.395 e. The molecule has 37 heavy (non-hydrogen) atoms. The van der Waals surface area contributed by atoms with Crippen LogP contribution in [0.3, 0.4) is 0 Å². The van der Waals surface area contributed by atoms with Crippen LogP contribution >= 0.6 is 15.9 Å². The number of carbonyl (C=O) groups excluding carboxylic acids is 1. The molecule has 0 unspecified atom stereocenters. The van der Waals surface area contributed by atoms with Crippen molar-refractivity contribution >= 4 is 27.5 Å². The van der Waals surface area contributed by atoms with E-state index in [1.54, 1.807) is 0 Å². The Morgan fingerprint density at radius 1 is 1.08 bits per heavy atom. The number of halogens is 1. The average Bonchev–Trinajstić information content (AvgIpc) is 2.87. The van der Waals surface area contributed by atoms with Gasteiger partial charge in [0.15, 0.2) is 0 Å². The van der Waals surface area contributed by atoms with Gasteiger partial charge in [0.25, 0.3) is 5.91 Å². The molecule has 7 nitrogen and oxygen atoms in total. The predicted molar refractivity (Wildman–Crippen MR) is 151 cm³/mol. The topological polar surface area (TPSA) is 70.9 Å². The number of amides is 1. The molecule has 2 aromatic rings. The zero-order valence-electron chi connectivity index (χ0n) is 22.8. The Hall–Kier alpha value is -2.32. The van der Waals surface area contributed by atoms with Crippen LogP contribution in [0.5, 0.6) is 0 Å². The summed E-state index contributed by atoms with van der Waals surface area (Å²) in [6.07, 6.45) is 5.58. The van der Waals surface area contributed by atoms with Gasteiger partial charge in [-0.1, -0.05) is 47.1 Å². The number of aryl methyl sites for hydroxylation is 2. The molecule has 2 aliphatic rings. The summed E-state index contributed by atoms with van der Waals surface area (Å²) in [5, 5.41) is 4.64. The number of rotatable bonds is 7. The van der Waals surface area contributed by atoms with Gasteiger partial charge in [0.2, 0.25) is 0 Å². The van der Waals surface area contributed by atoms with E-state index in [9.17, 15) is 4.79 Å². The zero-order chi connectivity index (χ0) is 26.6. The summed E-state index contributed by atoms with van der Waals surface area (Å²) in [5.41, 5.74) is 4.48. The highest BCUT2D eigenvalue weighted by Crippen LogP contribution is 2.34. The molecule has 3 heterocycles. The van der Waals surface area contributed by atoms with Gasteiger partial charge >= 0.3 is 0 Å². The highest BCUT2D eigenvalue weighted by atomic mass is 79.9. The third-order valence-electron chi connectivity index (χ3n) is 7.92. The minimum atomic E-state index is 0.0631. The number of carbonyl (C=O) groups is 1. The van der Waals surface area contributed by atoms with Crippen molar-refractivity contribution in [2.24, 2.45) is 17.0 Å². The lowest BCUT2D eigenvalue weighted by Crippen LogP contribution is -2.56. The molecule has 200 valence electrons. The predicted octanol–water partition coefficient (Wildman–Crippen LogP) is 5.64. The first-order chi connectivity index (χ1) is 17.7. The van der Waals surface area contributed by atoms with E-state index in [2.05, 4.69) is 81.0 Å². The number of oxime groups is 1. The van der Waals surface area contributed by atoms with Crippen LogP contribution in [0.15, 0.2) is 40.2 Å². The normalized spacial score (nSPS) is 19.3. The summed E-state index contributed by atoms with van der Waals surface area (Å²) >= 11 is 3.54. The molecule has 0 spiro atoms. The quantitative estimate of drug-likeness (QED) is 0.318. The maximum atomic E-state index is 13.2. The van der Waals surface area contributed by atoms with E-state index < -0.39 is 0 Å². The SMILES string of the molecule is Cc1ncnc(C)c1C(=O)N1CCC(C)(N2CCC(/C(=N/OCC(C)C)c3ccc(Br)cc3)CC2)CC1. The van der Waals surface area contributed by atoms with Gasteiger partial charge < -0.3 is 9.74 Å². The van der Waals surface area contributed by atoms with Crippen molar-refractivity contribution in [3.05, 3.63) is 57.6 Å². The van der Waals surface area contributed by atoms with Gasteiger partial charge in [0, 0.05) is 29.0 Å². The molecule has 1 amide bonds. The van der Waals surface area contributed by atoms with Gasteiger partial charge in [-0.3, -0.25) is 9.69 Å². The van der Waals surface area contributed by atoms with Gasteiger partial charge in [-0.25, -0.2) is 9.97 Å². The maximum absolute atomic E-state index is 13.2. The van der Waals surface area contributed by atoms with Gasteiger partial charge in [0.05, 0.1) is 22.7 Å². The van der Waals surface area contributed by atoms with Crippen LogP contribution in [0.25, 0.3) is 0 Å². The lowest BCUT2D eigenvalue weighted by atomic mass is 9.82. The van der Waals surface area contributed by atoms with Crippen molar-refractivity contribution in [2.45, 2.75) is 65.8 Å². The minimum absolute atomic E-state index is 0.0631. The molecule has 0 atom stereocenters. The second-order valence-corrected chi connectivity index (χ2v) is 12.1. The van der Waals surface area contributed by atoms with Crippen LogP contribution in [-0.4, -0.2) is 69.7 Å². The number of hydrogen-bond acceptors (Lipinski definition) is 6. The minimum Gasteiger partial charge on any atom is -0.395 e. The monoisotopic (exact) mass is 569 g/mol. The summed E-state index contributed by atoms with van der Waals surface area (Å²) in [7, 11) is 0. The molecule has 0 saturated carbocycles. The van der Waals surface area contributed by atoms with E-state index >= 15 is 0 Å². The molecule has 1 aromatic heterocycles. The van der Waals surface area contributed by atoms with E-state index in [1.807, 2.05) is 18.7 Å². The number of likely N-dealkylation sites (tertiary alicyclic amines) is 2. The van der Waals surface area contributed by atoms with Crippen molar-refractivity contribution in [1.82, 2.24) is 19.8 Å². The Balaban J connectivity index is 1.38. The van der Waals surface area contributed by atoms with Crippen molar-refractivity contribution < 1.29 is 9.63 Å². The molecule has 4 rings (SSSR count).